The number of rotatable bonds is 4. The van der Waals surface area contributed by atoms with Crippen LogP contribution in [0.4, 0.5) is 0 Å². The lowest BCUT2D eigenvalue weighted by Gasteiger charge is -2.11. The molecular formula is C44H29N3S. The van der Waals surface area contributed by atoms with Gasteiger partial charge in [-0.2, -0.15) is 0 Å². The number of hydrogen-bond donors (Lipinski definition) is 0. The van der Waals surface area contributed by atoms with Crippen molar-refractivity contribution >= 4 is 60.0 Å². The lowest BCUT2D eigenvalue weighted by molar-refractivity contribution is 1.03. The molecule has 1 aliphatic carbocycles. The third-order valence-electron chi connectivity index (χ3n) is 9.09. The SMILES string of the molecule is C1=CCC(c2nc(-c3ccc(-c4cc5ccccc5c5ccccc5c5ccccc5c5ccccc45)cc3)nc(-c3cccs3)n2)=C1. The van der Waals surface area contributed by atoms with Gasteiger partial charge in [-0.3, -0.25) is 0 Å². The molecule has 6 aromatic carbocycles. The van der Waals surface area contributed by atoms with Gasteiger partial charge in [-0.05, 0) is 78.2 Å². The molecule has 0 bridgehead atoms. The van der Waals surface area contributed by atoms with Crippen molar-refractivity contribution < 1.29 is 0 Å². The van der Waals surface area contributed by atoms with Gasteiger partial charge in [-0.25, -0.2) is 15.0 Å². The lowest BCUT2D eigenvalue weighted by Crippen LogP contribution is -2.01. The van der Waals surface area contributed by atoms with Gasteiger partial charge >= 0.3 is 0 Å². The van der Waals surface area contributed by atoms with Crippen molar-refractivity contribution in [2.45, 2.75) is 6.42 Å². The monoisotopic (exact) mass is 631 g/mol. The van der Waals surface area contributed by atoms with E-state index in [0.29, 0.717) is 11.6 Å². The number of fused-ring (bicyclic) bond motifs is 7. The maximum Gasteiger partial charge on any atom is 0.174 e. The van der Waals surface area contributed by atoms with Gasteiger partial charge in [0.1, 0.15) is 0 Å². The lowest BCUT2D eigenvalue weighted by atomic mass is 9.93. The summed E-state index contributed by atoms with van der Waals surface area (Å²) in [6.45, 7) is 0. The molecule has 0 amide bonds. The second-order valence-corrected chi connectivity index (χ2v) is 12.9. The van der Waals surface area contributed by atoms with E-state index in [2.05, 4.69) is 157 Å². The van der Waals surface area contributed by atoms with Crippen LogP contribution < -0.4 is 0 Å². The number of allylic oxidation sites excluding steroid dienone is 4. The number of hydrogen-bond acceptors (Lipinski definition) is 4. The summed E-state index contributed by atoms with van der Waals surface area (Å²) in [5.41, 5.74) is 4.36. The van der Waals surface area contributed by atoms with E-state index in [-0.39, 0.29) is 0 Å². The normalized spacial score (nSPS) is 12.5. The fourth-order valence-electron chi connectivity index (χ4n) is 6.78. The molecule has 1 aliphatic rings. The summed E-state index contributed by atoms with van der Waals surface area (Å²) in [6.07, 6.45) is 7.13. The molecule has 226 valence electrons. The molecule has 9 rings (SSSR count). The molecule has 0 aliphatic heterocycles. The highest BCUT2D eigenvalue weighted by Gasteiger charge is 2.15. The molecule has 0 fully saturated rings. The van der Waals surface area contributed by atoms with Crippen molar-refractivity contribution in [2.75, 3.05) is 0 Å². The van der Waals surface area contributed by atoms with Crippen LogP contribution in [0.15, 0.2) is 163 Å². The number of nitrogens with zero attached hydrogens (tertiary/aromatic N) is 3. The Morgan fingerprint density at radius 3 is 1.62 bits per heavy atom. The van der Waals surface area contributed by atoms with Crippen LogP contribution >= 0.6 is 11.3 Å². The topological polar surface area (TPSA) is 38.7 Å². The Labute approximate surface area is 282 Å². The molecule has 4 heteroatoms. The highest BCUT2D eigenvalue weighted by atomic mass is 32.1. The first kappa shape index (κ1) is 28.3. The fraction of sp³-hybridized carbons (Fsp3) is 0.0227. The van der Waals surface area contributed by atoms with E-state index in [1.807, 2.05) is 6.07 Å². The van der Waals surface area contributed by atoms with Crippen molar-refractivity contribution in [3.63, 3.8) is 0 Å². The molecule has 3 nitrogen and oxygen atoms in total. The minimum atomic E-state index is 0.680. The summed E-state index contributed by atoms with van der Waals surface area (Å²) in [6, 6.07) is 50.2. The molecule has 0 unspecified atom stereocenters. The summed E-state index contributed by atoms with van der Waals surface area (Å²) in [5.74, 6) is 2.12. The van der Waals surface area contributed by atoms with Crippen LogP contribution in [0.25, 0.3) is 81.9 Å². The second kappa shape index (κ2) is 12.0. The zero-order valence-electron chi connectivity index (χ0n) is 26.0. The van der Waals surface area contributed by atoms with Crippen molar-refractivity contribution in [1.82, 2.24) is 15.0 Å². The van der Waals surface area contributed by atoms with Gasteiger partial charge in [0, 0.05) is 11.1 Å². The Morgan fingerprint density at radius 1 is 0.458 bits per heavy atom. The fourth-order valence-corrected chi connectivity index (χ4v) is 7.43. The minimum absolute atomic E-state index is 0.680. The van der Waals surface area contributed by atoms with E-state index < -0.39 is 0 Å². The van der Waals surface area contributed by atoms with Crippen LogP contribution in [0, 0.1) is 0 Å². The Hall–Kier alpha value is -5.97. The van der Waals surface area contributed by atoms with E-state index in [0.717, 1.165) is 39.4 Å². The predicted molar refractivity (Wildman–Crippen MR) is 203 cm³/mol. The smallest absolute Gasteiger partial charge is 0.174 e. The van der Waals surface area contributed by atoms with Gasteiger partial charge < -0.3 is 0 Å². The Kier molecular flexibility index (Phi) is 7.07. The summed E-state index contributed by atoms with van der Waals surface area (Å²) in [7, 11) is 0. The van der Waals surface area contributed by atoms with Crippen molar-refractivity contribution in [3.8, 4) is 33.2 Å². The molecule has 0 saturated heterocycles. The predicted octanol–water partition coefficient (Wildman–Crippen LogP) is 12.0. The first-order chi connectivity index (χ1) is 23.8. The average molecular weight is 632 g/mol. The Balaban J connectivity index is 1.30. The summed E-state index contributed by atoms with van der Waals surface area (Å²) in [4.78, 5) is 15.8. The van der Waals surface area contributed by atoms with Crippen LogP contribution in [0.3, 0.4) is 0 Å². The molecule has 0 atom stereocenters. The Bertz CT molecular complexity index is 2630. The molecule has 8 aromatic rings. The molecule has 48 heavy (non-hydrogen) atoms. The second-order valence-electron chi connectivity index (χ2n) is 12.0. The van der Waals surface area contributed by atoms with Crippen LogP contribution in [-0.4, -0.2) is 15.0 Å². The highest BCUT2D eigenvalue weighted by molar-refractivity contribution is 7.13. The minimum Gasteiger partial charge on any atom is -0.209 e. The third kappa shape index (κ3) is 5.04. The van der Waals surface area contributed by atoms with Gasteiger partial charge in [0.15, 0.2) is 17.5 Å². The van der Waals surface area contributed by atoms with E-state index in [4.69, 9.17) is 15.0 Å². The highest BCUT2D eigenvalue weighted by Crippen LogP contribution is 2.36. The molecule has 0 spiro atoms. The van der Waals surface area contributed by atoms with Crippen LogP contribution in [0.2, 0.25) is 0 Å². The number of aromatic nitrogens is 3. The van der Waals surface area contributed by atoms with Crippen molar-refractivity contribution in [3.05, 3.63) is 169 Å². The quantitative estimate of drug-likeness (QED) is 0.194. The first-order valence-corrected chi connectivity index (χ1v) is 17.0. The van der Waals surface area contributed by atoms with E-state index in [1.54, 1.807) is 11.3 Å². The summed E-state index contributed by atoms with van der Waals surface area (Å²) >= 11 is 1.64. The molecule has 0 radical (unpaired) electrons. The Morgan fingerprint density at radius 2 is 1.00 bits per heavy atom. The largest absolute Gasteiger partial charge is 0.209 e. The summed E-state index contributed by atoms with van der Waals surface area (Å²) < 4.78 is 0. The van der Waals surface area contributed by atoms with Gasteiger partial charge in [0.2, 0.25) is 0 Å². The first-order valence-electron chi connectivity index (χ1n) is 16.2. The maximum atomic E-state index is 4.96. The van der Waals surface area contributed by atoms with Crippen molar-refractivity contribution in [2.24, 2.45) is 0 Å². The third-order valence-corrected chi connectivity index (χ3v) is 9.96. The zero-order valence-corrected chi connectivity index (χ0v) is 26.9. The van der Waals surface area contributed by atoms with Gasteiger partial charge in [-0.15, -0.1) is 11.3 Å². The molecular weight excluding hydrogens is 603 g/mol. The molecule has 0 N–H and O–H groups in total. The molecule has 0 saturated carbocycles. The molecule has 2 aromatic heterocycles. The van der Waals surface area contributed by atoms with Crippen LogP contribution in [0.5, 0.6) is 0 Å². The maximum absolute atomic E-state index is 4.96. The zero-order chi connectivity index (χ0) is 31.9. The van der Waals surface area contributed by atoms with E-state index in [1.165, 1.54) is 43.1 Å². The van der Waals surface area contributed by atoms with Gasteiger partial charge in [0.25, 0.3) is 0 Å². The van der Waals surface area contributed by atoms with E-state index in [9.17, 15) is 0 Å². The number of thiophene rings is 1. The average Bonchev–Trinajstić information content (AvgIpc) is 3.90. The van der Waals surface area contributed by atoms with Crippen molar-refractivity contribution in [1.29, 1.82) is 0 Å². The summed E-state index contributed by atoms with van der Waals surface area (Å²) in [5, 5.41) is 11.8. The van der Waals surface area contributed by atoms with E-state index >= 15 is 0 Å². The standard InChI is InChI=1S/C44H29N3S/c1-2-13-30(12-1)42-45-43(47-44(46-42)41-22-11-27-48-41)31-25-23-29(24-26-31)40-28-32-14-3-4-15-33(32)34-16-5-6-17-35(34)36-18-7-8-19-37(36)38-20-9-10-21-39(38)40/h1-12,14-28H,13H2. The van der Waals surface area contributed by atoms with Crippen LogP contribution in [-0.2, 0) is 0 Å². The number of benzene rings is 5. The van der Waals surface area contributed by atoms with Gasteiger partial charge in [-0.1, -0.05) is 146 Å². The molecule has 2 heterocycles. The van der Waals surface area contributed by atoms with Crippen LogP contribution in [0.1, 0.15) is 12.2 Å². The van der Waals surface area contributed by atoms with Gasteiger partial charge in [0.05, 0.1) is 4.88 Å².